The minimum atomic E-state index is 0. The molecular weight excluding hydrogens is 328 g/mol. The molecule has 1 aromatic carbocycles. The Balaban J connectivity index is 0.00000180. The van der Waals surface area contributed by atoms with Gasteiger partial charge in [0.25, 0.3) is 0 Å². The van der Waals surface area contributed by atoms with Crippen molar-refractivity contribution in [3.63, 3.8) is 0 Å². The van der Waals surface area contributed by atoms with Gasteiger partial charge in [-0.05, 0) is 50.2 Å². The zero-order valence-electron chi connectivity index (χ0n) is 11.5. The lowest BCUT2D eigenvalue weighted by atomic mass is 10.1. The highest BCUT2D eigenvalue weighted by atomic mass is 79.9. The second-order valence-corrected chi connectivity index (χ2v) is 5.64. The monoisotopic (exact) mass is 348 g/mol. The minimum absolute atomic E-state index is 0. The number of rotatable bonds is 5. The second-order valence-electron chi connectivity index (χ2n) is 4.78. The van der Waals surface area contributed by atoms with Crippen LogP contribution in [0.2, 0.25) is 0 Å². The first-order chi connectivity index (χ1) is 8.74. The molecule has 0 aromatic heterocycles. The summed E-state index contributed by atoms with van der Waals surface area (Å²) >= 11 is 3.63. The summed E-state index contributed by atoms with van der Waals surface area (Å²) in [6.45, 7) is 3.25. The third kappa shape index (κ3) is 4.35. The van der Waals surface area contributed by atoms with E-state index in [9.17, 15) is 0 Å². The number of hydrogen-bond donors (Lipinski definition) is 1. The van der Waals surface area contributed by atoms with E-state index in [1.54, 1.807) is 7.11 Å². The van der Waals surface area contributed by atoms with Crippen molar-refractivity contribution in [2.45, 2.75) is 25.4 Å². The number of nitrogens with zero attached hydrogens (tertiary/aromatic N) is 1. The first kappa shape index (κ1) is 16.8. The molecule has 1 fully saturated rings. The molecule has 0 radical (unpaired) electrons. The Bertz CT molecular complexity index is 403. The highest BCUT2D eigenvalue weighted by Crippen LogP contribution is 2.26. The van der Waals surface area contributed by atoms with Gasteiger partial charge in [0.2, 0.25) is 0 Å². The first-order valence-corrected chi connectivity index (χ1v) is 7.25. The maximum absolute atomic E-state index is 5.30. The molecule has 1 aromatic rings. The maximum Gasteiger partial charge on any atom is 0.119 e. The first-order valence-electron chi connectivity index (χ1n) is 6.45. The van der Waals surface area contributed by atoms with Crippen molar-refractivity contribution < 1.29 is 4.74 Å². The van der Waals surface area contributed by atoms with Crippen molar-refractivity contribution in [2.24, 2.45) is 0 Å². The smallest absolute Gasteiger partial charge is 0.119 e. The van der Waals surface area contributed by atoms with Crippen LogP contribution in [-0.2, 0) is 6.54 Å². The summed E-state index contributed by atoms with van der Waals surface area (Å²) in [6.07, 6.45) is 2.59. The number of likely N-dealkylation sites (tertiary alicyclic amines) is 1. The van der Waals surface area contributed by atoms with Crippen LogP contribution < -0.4 is 10.1 Å². The number of likely N-dealkylation sites (N-methyl/N-ethyl adjacent to an activating group) is 1. The molecular formula is C14H22BrClN2O. The van der Waals surface area contributed by atoms with Gasteiger partial charge >= 0.3 is 0 Å². The van der Waals surface area contributed by atoms with Crippen LogP contribution in [0.1, 0.15) is 18.4 Å². The van der Waals surface area contributed by atoms with Gasteiger partial charge in [-0.25, -0.2) is 0 Å². The molecule has 0 bridgehead atoms. The summed E-state index contributed by atoms with van der Waals surface area (Å²) in [5, 5.41) is 3.28. The van der Waals surface area contributed by atoms with E-state index in [4.69, 9.17) is 4.74 Å². The molecule has 0 spiro atoms. The van der Waals surface area contributed by atoms with E-state index < -0.39 is 0 Å². The Morgan fingerprint density at radius 2 is 2.26 bits per heavy atom. The maximum atomic E-state index is 5.30. The second kappa shape index (κ2) is 8.10. The largest absolute Gasteiger partial charge is 0.497 e. The predicted octanol–water partition coefficient (Wildman–Crippen LogP) is 3.06. The molecule has 0 saturated carbocycles. The summed E-state index contributed by atoms with van der Waals surface area (Å²) in [4.78, 5) is 2.55. The zero-order valence-corrected chi connectivity index (χ0v) is 13.9. The van der Waals surface area contributed by atoms with Crippen LogP contribution in [0.5, 0.6) is 5.75 Å². The molecule has 0 aliphatic carbocycles. The summed E-state index contributed by atoms with van der Waals surface area (Å²) < 4.78 is 6.46. The lowest BCUT2D eigenvalue weighted by Gasteiger charge is -2.25. The number of nitrogens with one attached hydrogen (secondary N) is 1. The quantitative estimate of drug-likeness (QED) is 0.884. The van der Waals surface area contributed by atoms with Gasteiger partial charge in [-0.2, -0.15) is 0 Å². The summed E-state index contributed by atoms with van der Waals surface area (Å²) in [6, 6.07) is 6.84. The van der Waals surface area contributed by atoms with E-state index in [1.807, 2.05) is 13.1 Å². The van der Waals surface area contributed by atoms with Crippen LogP contribution in [0, 0.1) is 0 Å². The van der Waals surface area contributed by atoms with Gasteiger partial charge in [0.1, 0.15) is 5.75 Å². The Labute approximate surface area is 130 Å². The molecule has 1 atom stereocenters. The van der Waals surface area contributed by atoms with Crippen molar-refractivity contribution in [3.05, 3.63) is 28.2 Å². The van der Waals surface area contributed by atoms with Gasteiger partial charge in [-0.3, -0.25) is 4.90 Å². The van der Waals surface area contributed by atoms with Gasteiger partial charge in [-0.1, -0.05) is 15.9 Å². The van der Waals surface area contributed by atoms with E-state index in [1.165, 1.54) is 29.4 Å². The van der Waals surface area contributed by atoms with E-state index >= 15 is 0 Å². The fourth-order valence-electron chi connectivity index (χ4n) is 2.59. The van der Waals surface area contributed by atoms with Crippen molar-refractivity contribution >= 4 is 28.3 Å². The molecule has 1 N–H and O–H groups in total. The number of methoxy groups -OCH3 is 1. The topological polar surface area (TPSA) is 24.5 Å². The van der Waals surface area contributed by atoms with E-state index in [0.29, 0.717) is 6.04 Å². The predicted molar refractivity (Wildman–Crippen MR) is 85.3 cm³/mol. The normalized spacial score (nSPS) is 19.2. The molecule has 1 aliphatic heterocycles. The number of ether oxygens (including phenoxy) is 1. The van der Waals surface area contributed by atoms with Crippen LogP contribution >= 0.6 is 28.3 Å². The number of benzene rings is 1. The fraction of sp³-hybridized carbons (Fsp3) is 0.571. The van der Waals surface area contributed by atoms with E-state index in [-0.39, 0.29) is 12.4 Å². The van der Waals surface area contributed by atoms with Crippen LogP contribution in [0.15, 0.2) is 22.7 Å². The number of halogens is 2. The highest BCUT2D eigenvalue weighted by molar-refractivity contribution is 9.10. The van der Waals surface area contributed by atoms with Crippen LogP contribution in [-0.4, -0.2) is 38.2 Å². The van der Waals surface area contributed by atoms with Gasteiger partial charge in [0, 0.05) is 23.6 Å². The zero-order chi connectivity index (χ0) is 13.0. The molecule has 5 heteroatoms. The Morgan fingerprint density at radius 3 is 2.95 bits per heavy atom. The van der Waals surface area contributed by atoms with Crippen molar-refractivity contribution in [1.29, 1.82) is 0 Å². The SMILES string of the molecule is CNCC1CCCN1Cc1cc(OC)ccc1Br.Cl. The van der Waals surface area contributed by atoms with Gasteiger partial charge in [-0.15, -0.1) is 12.4 Å². The Hall–Kier alpha value is -0.290. The summed E-state index contributed by atoms with van der Waals surface area (Å²) in [5.74, 6) is 0.928. The third-order valence-corrected chi connectivity index (χ3v) is 4.34. The molecule has 1 unspecified atom stereocenters. The van der Waals surface area contributed by atoms with Gasteiger partial charge in [0.15, 0.2) is 0 Å². The Kier molecular flexibility index (Phi) is 7.15. The van der Waals surface area contributed by atoms with E-state index in [0.717, 1.165) is 18.8 Å². The van der Waals surface area contributed by atoms with Crippen LogP contribution in [0.4, 0.5) is 0 Å². The van der Waals surface area contributed by atoms with Crippen molar-refractivity contribution in [1.82, 2.24) is 10.2 Å². The van der Waals surface area contributed by atoms with E-state index in [2.05, 4.69) is 38.3 Å². The Morgan fingerprint density at radius 1 is 1.47 bits per heavy atom. The average molecular weight is 350 g/mol. The summed E-state index contributed by atoms with van der Waals surface area (Å²) in [7, 11) is 3.74. The lowest BCUT2D eigenvalue weighted by Crippen LogP contribution is -2.36. The average Bonchev–Trinajstić information content (AvgIpc) is 2.80. The van der Waals surface area contributed by atoms with Gasteiger partial charge < -0.3 is 10.1 Å². The molecule has 3 nitrogen and oxygen atoms in total. The summed E-state index contributed by atoms with van der Waals surface area (Å²) in [5.41, 5.74) is 1.30. The fourth-order valence-corrected chi connectivity index (χ4v) is 2.96. The van der Waals surface area contributed by atoms with Gasteiger partial charge in [0.05, 0.1) is 7.11 Å². The molecule has 2 rings (SSSR count). The molecule has 0 amide bonds. The third-order valence-electron chi connectivity index (χ3n) is 3.57. The van der Waals surface area contributed by atoms with Crippen LogP contribution in [0.3, 0.4) is 0 Å². The lowest BCUT2D eigenvalue weighted by molar-refractivity contribution is 0.241. The molecule has 1 heterocycles. The highest BCUT2D eigenvalue weighted by Gasteiger charge is 2.24. The minimum Gasteiger partial charge on any atom is -0.497 e. The molecule has 108 valence electrons. The molecule has 1 aliphatic rings. The molecule has 1 saturated heterocycles. The molecule has 19 heavy (non-hydrogen) atoms. The van der Waals surface area contributed by atoms with Crippen molar-refractivity contribution in [3.8, 4) is 5.75 Å². The van der Waals surface area contributed by atoms with Crippen molar-refractivity contribution in [2.75, 3.05) is 27.2 Å². The number of hydrogen-bond acceptors (Lipinski definition) is 3. The standard InChI is InChI=1S/C14H21BrN2O.ClH/c1-16-9-12-4-3-7-17(12)10-11-8-13(18-2)5-6-14(11)15;/h5-6,8,12,16H,3-4,7,9-10H2,1-2H3;1H. The van der Waals surface area contributed by atoms with Crippen LogP contribution in [0.25, 0.3) is 0 Å².